The molecule has 0 aromatic heterocycles. The molecule has 0 N–H and O–H groups in total. The van der Waals surface area contributed by atoms with Crippen molar-refractivity contribution in [1.29, 1.82) is 0 Å². The average molecular weight is 211 g/mol. The molecule has 0 heterocycles. The second-order valence-electron chi connectivity index (χ2n) is 4.08. The van der Waals surface area contributed by atoms with Crippen LogP contribution in [0.15, 0.2) is 12.2 Å². The Morgan fingerprint density at radius 3 is 2.20 bits per heavy atom. The lowest BCUT2D eigenvalue weighted by Crippen LogP contribution is -2.43. The minimum Gasteiger partial charge on any atom is -0.298 e. The highest BCUT2D eigenvalue weighted by Gasteiger charge is 2.28. The Hall–Kier alpha value is -0.960. The lowest BCUT2D eigenvalue weighted by atomic mass is 9.94. The van der Waals surface area contributed by atoms with Crippen molar-refractivity contribution < 1.29 is 9.59 Å². The molecular formula is C12H21NO2. The SMILES string of the molecule is C/C=C/C[C@@H](C)C(=O)[C@@H](C(C)=O)N(C)C. The van der Waals surface area contributed by atoms with Crippen LogP contribution >= 0.6 is 0 Å². The Morgan fingerprint density at radius 2 is 1.87 bits per heavy atom. The predicted molar refractivity (Wildman–Crippen MR) is 61.8 cm³/mol. The second kappa shape index (κ2) is 6.51. The molecule has 0 saturated heterocycles. The van der Waals surface area contributed by atoms with Crippen LogP contribution in [0.4, 0.5) is 0 Å². The van der Waals surface area contributed by atoms with Gasteiger partial charge in [-0.2, -0.15) is 0 Å². The van der Waals surface area contributed by atoms with Crippen molar-refractivity contribution in [3.63, 3.8) is 0 Å². The summed E-state index contributed by atoms with van der Waals surface area (Å²) >= 11 is 0. The van der Waals surface area contributed by atoms with Crippen LogP contribution < -0.4 is 0 Å². The van der Waals surface area contributed by atoms with Crippen LogP contribution in [-0.4, -0.2) is 36.6 Å². The lowest BCUT2D eigenvalue weighted by Gasteiger charge is -2.22. The smallest absolute Gasteiger partial charge is 0.160 e. The van der Waals surface area contributed by atoms with Gasteiger partial charge in [-0.1, -0.05) is 19.1 Å². The lowest BCUT2D eigenvalue weighted by molar-refractivity contribution is -0.134. The summed E-state index contributed by atoms with van der Waals surface area (Å²) in [7, 11) is 3.51. The molecule has 0 rings (SSSR count). The fraction of sp³-hybridized carbons (Fsp3) is 0.667. The van der Waals surface area contributed by atoms with Gasteiger partial charge in [0.25, 0.3) is 0 Å². The van der Waals surface area contributed by atoms with E-state index in [1.807, 2.05) is 26.0 Å². The topological polar surface area (TPSA) is 37.4 Å². The summed E-state index contributed by atoms with van der Waals surface area (Å²) in [6, 6.07) is -0.592. The van der Waals surface area contributed by atoms with Gasteiger partial charge in [0.05, 0.1) is 0 Å². The van der Waals surface area contributed by atoms with Gasteiger partial charge >= 0.3 is 0 Å². The van der Waals surface area contributed by atoms with E-state index < -0.39 is 6.04 Å². The molecule has 0 fully saturated rings. The van der Waals surface area contributed by atoms with E-state index in [-0.39, 0.29) is 17.5 Å². The maximum atomic E-state index is 11.9. The first kappa shape index (κ1) is 14.0. The number of nitrogens with zero attached hydrogens (tertiary/aromatic N) is 1. The minimum atomic E-state index is -0.592. The van der Waals surface area contributed by atoms with E-state index in [2.05, 4.69) is 0 Å². The van der Waals surface area contributed by atoms with E-state index in [0.717, 1.165) is 0 Å². The first-order valence-corrected chi connectivity index (χ1v) is 5.23. The first-order chi connectivity index (χ1) is 6.91. The van der Waals surface area contributed by atoms with Crippen molar-refractivity contribution in [2.45, 2.75) is 33.2 Å². The summed E-state index contributed by atoms with van der Waals surface area (Å²) in [5.74, 6) is -0.180. The van der Waals surface area contributed by atoms with Crippen molar-refractivity contribution in [1.82, 2.24) is 4.90 Å². The molecule has 0 amide bonds. The zero-order chi connectivity index (χ0) is 12.0. The Bertz CT molecular complexity index is 256. The number of hydrogen-bond acceptors (Lipinski definition) is 3. The van der Waals surface area contributed by atoms with Crippen LogP contribution in [-0.2, 0) is 9.59 Å². The molecule has 0 bridgehead atoms. The normalized spacial score (nSPS) is 15.6. The van der Waals surface area contributed by atoms with Gasteiger partial charge in [0.15, 0.2) is 11.6 Å². The molecule has 0 radical (unpaired) electrons. The van der Waals surface area contributed by atoms with Gasteiger partial charge in [0.1, 0.15) is 6.04 Å². The van der Waals surface area contributed by atoms with E-state index in [9.17, 15) is 9.59 Å². The summed E-state index contributed by atoms with van der Waals surface area (Å²) in [4.78, 5) is 24.9. The minimum absolute atomic E-state index is 0.00519. The number of rotatable bonds is 6. The number of allylic oxidation sites excluding steroid dienone is 2. The quantitative estimate of drug-likeness (QED) is 0.495. The zero-order valence-electron chi connectivity index (χ0n) is 10.3. The van der Waals surface area contributed by atoms with Gasteiger partial charge in [0.2, 0.25) is 0 Å². The molecule has 0 aliphatic heterocycles. The fourth-order valence-corrected chi connectivity index (χ4v) is 1.54. The van der Waals surface area contributed by atoms with Crippen LogP contribution in [0, 0.1) is 5.92 Å². The van der Waals surface area contributed by atoms with Crippen molar-refractivity contribution in [3.8, 4) is 0 Å². The van der Waals surface area contributed by atoms with Crippen molar-refractivity contribution >= 4 is 11.6 Å². The first-order valence-electron chi connectivity index (χ1n) is 5.23. The van der Waals surface area contributed by atoms with Crippen molar-refractivity contribution in [2.75, 3.05) is 14.1 Å². The van der Waals surface area contributed by atoms with E-state index in [1.165, 1.54) is 6.92 Å². The number of ketones is 2. The largest absolute Gasteiger partial charge is 0.298 e. The Balaban J connectivity index is 4.56. The Labute approximate surface area is 92.1 Å². The van der Waals surface area contributed by atoms with Crippen LogP contribution in [0.25, 0.3) is 0 Å². The van der Waals surface area contributed by atoms with Crippen molar-refractivity contribution in [3.05, 3.63) is 12.2 Å². The highest BCUT2D eigenvalue weighted by molar-refractivity contribution is 6.06. The highest BCUT2D eigenvalue weighted by Crippen LogP contribution is 2.11. The Morgan fingerprint density at radius 1 is 1.33 bits per heavy atom. The number of Topliss-reactive ketones (excluding diaryl/α,β-unsaturated/α-hetero) is 2. The fourth-order valence-electron chi connectivity index (χ4n) is 1.54. The number of carbonyl (C=O) groups is 2. The van der Waals surface area contributed by atoms with Gasteiger partial charge in [-0.05, 0) is 34.4 Å². The van der Waals surface area contributed by atoms with Crippen molar-refractivity contribution in [2.24, 2.45) is 5.92 Å². The molecule has 0 spiro atoms. The molecule has 2 atom stereocenters. The third kappa shape index (κ3) is 4.38. The van der Waals surface area contributed by atoms with E-state index in [0.29, 0.717) is 6.42 Å². The third-order valence-electron chi connectivity index (χ3n) is 2.38. The summed E-state index contributed by atoms with van der Waals surface area (Å²) in [5, 5.41) is 0. The standard InChI is InChI=1S/C12H21NO2/c1-6-7-8-9(2)12(15)11(10(3)14)13(4)5/h6-7,9,11H,8H2,1-5H3/b7-6+/t9-,11-/m1/s1. The van der Waals surface area contributed by atoms with Gasteiger partial charge in [0, 0.05) is 5.92 Å². The Kier molecular flexibility index (Phi) is 6.09. The summed E-state index contributed by atoms with van der Waals surface area (Å²) in [6.45, 7) is 5.25. The van der Waals surface area contributed by atoms with Gasteiger partial charge in [-0.3, -0.25) is 14.5 Å². The monoisotopic (exact) mass is 211 g/mol. The molecule has 0 aromatic rings. The second-order valence-corrected chi connectivity index (χ2v) is 4.08. The molecule has 0 aliphatic rings. The van der Waals surface area contributed by atoms with E-state index in [1.54, 1.807) is 19.0 Å². The number of likely N-dealkylation sites (N-methyl/N-ethyl adjacent to an activating group) is 1. The zero-order valence-corrected chi connectivity index (χ0v) is 10.3. The molecule has 15 heavy (non-hydrogen) atoms. The maximum absolute atomic E-state index is 11.9. The van der Waals surface area contributed by atoms with E-state index >= 15 is 0 Å². The molecule has 0 saturated carbocycles. The summed E-state index contributed by atoms with van der Waals surface area (Å²) < 4.78 is 0. The highest BCUT2D eigenvalue weighted by atomic mass is 16.2. The van der Waals surface area contributed by atoms with Crippen LogP contribution in [0.3, 0.4) is 0 Å². The molecule has 3 nitrogen and oxygen atoms in total. The van der Waals surface area contributed by atoms with E-state index in [4.69, 9.17) is 0 Å². The molecule has 86 valence electrons. The maximum Gasteiger partial charge on any atom is 0.160 e. The van der Waals surface area contributed by atoms with Gasteiger partial charge in [-0.25, -0.2) is 0 Å². The third-order valence-corrected chi connectivity index (χ3v) is 2.38. The molecule has 3 heteroatoms. The molecular weight excluding hydrogens is 190 g/mol. The summed E-state index contributed by atoms with van der Waals surface area (Å²) in [6.07, 6.45) is 4.57. The van der Waals surface area contributed by atoms with Crippen LogP contribution in [0.1, 0.15) is 27.2 Å². The number of hydrogen-bond donors (Lipinski definition) is 0. The predicted octanol–water partition coefficient (Wildman–Crippen LogP) is 1.68. The average Bonchev–Trinajstić information content (AvgIpc) is 2.12. The van der Waals surface area contributed by atoms with Crippen LogP contribution in [0.5, 0.6) is 0 Å². The van der Waals surface area contributed by atoms with Gasteiger partial charge < -0.3 is 0 Å². The number of carbonyl (C=O) groups excluding carboxylic acids is 2. The van der Waals surface area contributed by atoms with Crippen LogP contribution in [0.2, 0.25) is 0 Å². The van der Waals surface area contributed by atoms with Gasteiger partial charge in [-0.15, -0.1) is 0 Å². The molecule has 0 unspecified atom stereocenters. The molecule has 0 aromatic carbocycles. The molecule has 0 aliphatic carbocycles. The summed E-state index contributed by atoms with van der Waals surface area (Å²) in [5.41, 5.74) is 0.